The van der Waals surface area contributed by atoms with E-state index in [2.05, 4.69) is 21.1 Å². The number of rotatable bonds is 8. The number of amides is 2. The number of hydrazone groups is 2. The second kappa shape index (κ2) is 9.21. The number of aromatic nitrogens is 2. The first kappa shape index (κ1) is 18.2. The van der Waals surface area contributed by atoms with Crippen molar-refractivity contribution in [3.63, 3.8) is 0 Å². The molecule has 2 rings (SSSR count). The summed E-state index contributed by atoms with van der Waals surface area (Å²) >= 11 is 0. The van der Waals surface area contributed by atoms with Gasteiger partial charge >= 0.3 is 0 Å². The van der Waals surface area contributed by atoms with Gasteiger partial charge in [0.1, 0.15) is 0 Å². The van der Waals surface area contributed by atoms with Crippen LogP contribution in [0, 0.1) is 0 Å². The zero-order valence-electron chi connectivity index (χ0n) is 14.3. The first-order valence-electron chi connectivity index (χ1n) is 7.93. The van der Waals surface area contributed by atoms with Crippen LogP contribution < -0.4 is 10.9 Å². The van der Waals surface area contributed by atoms with E-state index < -0.39 is 0 Å². The topological polar surface area (TPSA) is 92.8 Å². The van der Waals surface area contributed by atoms with Gasteiger partial charge in [0.25, 0.3) is 0 Å². The number of aryl methyl sites for hydroxylation is 2. The van der Waals surface area contributed by atoms with Crippen LogP contribution in [0.15, 0.2) is 46.9 Å². The van der Waals surface area contributed by atoms with Gasteiger partial charge in [-0.1, -0.05) is 0 Å². The first-order chi connectivity index (χ1) is 12.1. The molecule has 2 amide bonds. The lowest BCUT2D eigenvalue weighted by Crippen LogP contribution is -2.20. The van der Waals surface area contributed by atoms with Crippen LogP contribution in [0.3, 0.4) is 0 Å². The van der Waals surface area contributed by atoms with Gasteiger partial charge in [0.15, 0.2) is 0 Å². The molecule has 0 fully saturated rings. The van der Waals surface area contributed by atoms with Crippen LogP contribution >= 0.6 is 0 Å². The van der Waals surface area contributed by atoms with Gasteiger partial charge in [-0.15, -0.1) is 0 Å². The van der Waals surface area contributed by atoms with Crippen molar-refractivity contribution >= 4 is 24.2 Å². The quantitative estimate of drug-likeness (QED) is 0.556. The van der Waals surface area contributed by atoms with Crippen LogP contribution in [0.5, 0.6) is 0 Å². The molecule has 25 heavy (non-hydrogen) atoms. The zero-order chi connectivity index (χ0) is 18.1. The number of carbonyl (C=O) groups excluding carboxylic acids is 2. The third kappa shape index (κ3) is 6.09. The van der Waals surface area contributed by atoms with Crippen LogP contribution in [0.25, 0.3) is 0 Å². The minimum absolute atomic E-state index is 0.222. The van der Waals surface area contributed by atoms with Gasteiger partial charge in [0, 0.05) is 39.3 Å². The van der Waals surface area contributed by atoms with E-state index >= 15 is 0 Å². The van der Waals surface area contributed by atoms with Crippen molar-refractivity contribution in [3.05, 3.63) is 48.0 Å². The first-order valence-corrected chi connectivity index (χ1v) is 7.93. The SMILES string of the molecule is Cn1cccc1/C=N/NC(=O)CCCC(=O)N/N=C/c1cccn1C. The van der Waals surface area contributed by atoms with Crippen molar-refractivity contribution in [1.29, 1.82) is 0 Å². The molecule has 132 valence electrons. The number of nitrogens with one attached hydrogen (secondary N) is 2. The van der Waals surface area contributed by atoms with E-state index in [0.717, 1.165) is 11.4 Å². The molecule has 0 radical (unpaired) electrons. The molecule has 0 unspecified atom stereocenters. The molecule has 0 spiro atoms. The van der Waals surface area contributed by atoms with E-state index in [0.29, 0.717) is 6.42 Å². The fourth-order valence-corrected chi connectivity index (χ4v) is 2.08. The van der Waals surface area contributed by atoms with Crippen molar-refractivity contribution in [2.45, 2.75) is 19.3 Å². The Kier molecular flexibility index (Phi) is 6.70. The summed E-state index contributed by atoms with van der Waals surface area (Å²) in [5, 5.41) is 7.77. The Labute approximate surface area is 146 Å². The Hall–Kier alpha value is -3.16. The van der Waals surface area contributed by atoms with Crippen LogP contribution in [-0.4, -0.2) is 33.4 Å². The van der Waals surface area contributed by atoms with Crippen molar-refractivity contribution in [2.75, 3.05) is 0 Å². The predicted octanol–water partition coefficient (Wildman–Crippen LogP) is 1.13. The fraction of sp³-hybridized carbons (Fsp3) is 0.294. The highest BCUT2D eigenvalue weighted by molar-refractivity contribution is 5.82. The Morgan fingerprint density at radius 1 is 0.920 bits per heavy atom. The lowest BCUT2D eigenvalue weighted by atomic mass is 10.2. The van der Waals surface area contributed by atoms with Gasteiger partial charge in [0.2, 0.25) is 11.8 Å². The Balaban J connectivity index is 1.61. The molecule has 0 aliphatic carbocycles. The standard InChI is InChI=1S/C17H22N6O2/c1-22-10-4-6-14(22)12-18-20-16(24)8-3-9-17(25)21-19-13-15-7-5-11-23(15)2/h4-7,10-13H,3,8-9H2,1-2H3,(H,20,24)(H,21,25)/b18-12+,19-13+. The third-order valence-electron chi connectivity index (χ3n) is 3.55. The minimum atomic E-state index is -0.231. The summed E-state index contributed by atoms with van der Waals surface area (Å²) in [6.07, 6.45) is 7.80. The lowest BCUT2D eigenvalue weighted by Gasteiger charge is -2.01. The smallest absolute Gasteiger partial charge is 0.240 e. The van der Waals surface area contributed by atoms with Crippen LogP contribution in [-0.2, 0) is 23.7 Å². The molecule has 2 aromatic rings. The van der Waals surface area contributed by atoms with Crippen molar-refractivity contribution in [1.82, 2.24) is 20.0 Å². The Morgan fingerprint density at radius 2 is 1.36 bits per heavy atom. The second-order valence-corrected chi connectivity index (χ2v) is 5.53. The fourth-order valence-electron chi connectivity index (χ4n) is 2.08. The molecule has 2 N–H and O–H groups in total. The molecule has 0 saturated heterocycles. The van der Waals surface area contributed by atoms with Crippen LogP contribution in [0.4, 0.5) is 0 Å². The average Bonchev–Trinajstić information content (AvgIpc) is 3.16. The largest absolute Gasteiger partial charge is 0.350 e. The van der Waals surface area contributed by atoms with Gasteiger partial charge < -0.3 is 9.13 Å². The van der Waals surface area contributed by atoms with Gasteiger partial charge in [-0.3, -0.25) is 9.59 Å². The summed E-state index contributed by atoms with van der Waals surface area (Å²) in [6.45, 7) is 0. The minimum Gasteiger partial charge on any atom is -0.350 e. The van der Waals surface area contributed by atoms with E-state index in [1.165, 1.54) is 0 Å². The molecule has 0 aliphatic rings. The second-order valence-electron chi connectivity index (χ2n) is 5.53. The average molecular weight is 342 g/mol. The maximum Gasteiger partial charge on any atom is 0.240 e. The molecular formula is C17H22N6O2. The normalized spacial score (nSPS) is 11.3. The van der Waals surface area contributed by atoms with E-state index in [4.69, 9.17) is 0 Å². The summed E-state index contributed by atoms with van der Waals surface area (Å²) < 4.78 is 3.77. The number of nitrogens with zero attached hydrogens (tertiary/aromatic N) is 4. The van der Waals surface area contributed by atoms with Crippen LogP contribution in [0.1, 0.15) is 30.7 Å². The molecule has 0 aliphatic heterocycles. The Bertz CT molecular complexity index is 707. The molecule has 8 heteroatoms. The number of carbonyl (C=O) groups is 2. The van der Waals surface area contributed by atoms with E-state index in [1.54, 1.807) is 12.4 Å². The molecule has 8 nitrogen and oxygen atoms in total. The van der Waals surface area contributed by atoms with Gasteiger partial charge in [0.05, 0.1) is 23.8 Å². The highest BCUT2D eigenvalue weighted by Crippen LogP contribution is 1.98. The maximum atomic E-state index is 11.6. The van der Waals surface area contributed by atoms with Gasteiger partial charge in [-0.05, 0) is 30.7 Å². The highest BCUT2D eigenvalue weighted by Gasteiger charge is 2.04. The van der Waals surface area contributed by atoms with Gasteiger partial charge in [-0.25, -0.2) is 10.9 Å². The number of hydrogen-bond acceptors (Lipinski definition) is 4. The van der Waals surface area contributed by atoms with E-state index in [9.17, 15) is 9.59 Å². The lowest BCUT2D eigenvalue weighted by molar-refractivity contribution is -0.122. The zero-order valence-corrected chi connectivity index (χ0v) is 14.3. The monoisotopic (exact) mass is 342 g/mol. The summed E-state index contributed by atoms with van der Waals surface area (Å²) in [5.41, 5.74) is 6.66. The summed E-state index contributed by atoms with van der Waals surface area (Å²) in [4.78, 5) is 23.3. The summed E-state index contributed by atoms with van der Waals surface area (Å²) in [7, 11) is 3.78. The molecular weight excluding hydrogens is 320 g/mol. The molecule has 0 saturated carbocycles. The maximum absolute atomic E-state index is 11.6. The summed E-state index contributed by atoms with van der Waals surface area (Å²) in [6, 6.07) is 7.55. The highest BCUT2D eigenvalue weighted by atomic mass is 16.2. The molecule has 0 aromatic carbocycles. The van der Waals surface area contributed by atoms with Crippen molar-refractivity contribution in [2.24, 2.45) is 24.3 Å². The van der Waals surface area contributed by atoms with Gasteiger partial charge in [-0.2, -0.15) is 10.2 Å². The molecule has 0 bridgehead atoms. The van der Waals surface area contributed by atoms with E-state index in [-0.39, 0.29) is 24.7 Å². The van der Waals surface area contributed by atoms with E-state index in [1.807, 2.05) is 59.9 Å². The molecule has 0 atom stereocenters. The number of hydrogen-bond donors (Lipinski definition) is 2. The van der Waals surface area contributed by atoms with Crippen LogP contribution in [0.2, 0.25) is 0 Å². The third-order valence-corrected chi connectivity index (χ3v) is 3.55. The molecule has 2 heterocycles. The Morgan fingerprint density at radius 3 is 1.72 bits per heavy atom. The van der Waals surface area contributed by atoms with Crippen molar-refractivity contribution < 1.29 is 9.59 Å². The van der Waals surface area contributed by atoms with Crippen molar-refractivity contribution in [3.8, 4) is 0 Å². The molecule has 2 aromatic heterocycles. The predicted molar refractivity (Wildman–Crippen MR) is 96.2 cm³/mol. The summed E-state index contributed by atoms with van der Waals surface area (Å²) in [5.74, 6) is -0.462.